The molecule has 9 heteroatoms. The summed E-state index contributed by atoms with van der Waals surface area (Å²) in [5, 5.41) is 16.2. The highest BCUT2D eigenvalue weighted by Gasteiger charge is 2.18. The van der Waals surface area contributed by atoms with Crippen LogP contribution >= 0.6 is 12.4 Å². The molecule has 2 aromatic carbocycles. The maximum atomic E-state index is 12.7. The van der Waals surface area contributed by atoms with E-state index in [0.717, 1.165) is 27.3 Å². The van der Waals surface area contributed by atoms with Gasteiger partial charge in [-0.05, 0) is 54.3 Å². The molecule has 31 heavy (non-hydrogen) atoms. The van der Waals surface area contributed by atoms with E-state index < -0.39 is 16.1 Å². The second kappa shape index (κ2) is 9.76. The fourth-order valence-electron chi connectivity index (χ4n) is 3.35. The molecule has 0 aliphatic rings. The summed E-state index contributed by atoms with van der Waals surface area (Å²) in [5.74, 6) is 0. The van der Waals surface area contributed by atoms with Crippen LogP contribution in [0.1, 0.15) is 18.6 Å². The monoisotopic (exact) mass is 461 g/mol. The number of benzene rings is 2. The van der Waals surface area contributed by atoms with Crippen molar-refractivity contribution >= 4 is 44.2 Å². The highest BCUT2D eigenvalue weighted by atomic mass is 35.5. The minimum absolute atomic E-state index is 0. The van der Waals surface area contributed by atoms with Gasteiger partial charge in [-0.2, -0.15) is 0 Å². The van der Waals surface area contributed by atoms with Crippen molar-refractivity contribution in [2.45, 2.75) is 24.0 Å². The van der Waals surface area contributed by atoms with Gasteiger partial charge >= 0.3 is 0 Å². The predicted octanol–water partition coefficient (Wildman–Crippen LogP) is 3.39. The van der Waals surface area contributed by atoms with Crippen LogP contribution in [0.25, 0.3) is 21.7 Å². The van der Waals surface area contributed by atoms with E-state index in [4.69, 9.17) is 4.42 Å². The number of nitrogens with one attached hydrogen (secondary N) is 2. The first kappa shape index (κ1) is 23.2. The molecule has 0 amide bonds. The maximum absolute atomic E-state index is 12.7. The molecule has 4 aromatic rings. The normalized spacial score (nSPS) is 13.7. The molecule has 3 N–H and O–H groups in total. The van der Waals surface area contributed by atoms with Gasteiger partial charge in [-0.3, -0.25) is 4.98 Å². The molecule has 0 aliphatic carbocycles. The molecular formula is C22H24ClN3O4S. The molecule has 7 nitrogen and oxygen atoms in total. The van der Waals surface area contributed by atoms with Crippen molar-refractivity contribution in [3.8, 4) is 0 Å². The zero-order valence-electron chi connectivity index (χ0n) is 16.9. The number of nitrogens with zero attached hydrogens (tertiary/aromatic N) is 1. The third-order valence-corrected chi connectivity index (χ3v) is 6.52. The Morgan fingerprint density at radius 3 is 2.71 bits per heavy atom. The summed E-state index contributed by atoms with van der Waals surface area (Å²) in [6, 6.07) is 13.7. The fraction of sp³-hybridized carbons (Fsp3) is 0.227. The molecule has 0 aliphatic heterocycles. The van der Waals surface area contributed by atoms with Crippen LogP contribution < -0.4 is 10.0 Å². The Morgan fingerprint density at radius 2 is 1.87 bits per heavy atom. The van der Waals surface area contributed by atoms with E-state index in [1.807, 2.05) is 24.3 Å². The third kappa shape index (κ3) is 5.41. The quantitative estimate of drug-likeness (QED) is 0.371. The fourth-order valence-corrected chi connectivity index (χ4v) is 4.63. The van der Waals surface area contributed by atoms with Gasteiger partial charge in [0.05, 0.1) is 17.3 Å². The number of sulfonamides is 1. The molecule has 0 spiro atoms. The van der Waals surface area contributed by atoms with Crippen LogP contribution in [-0.4, -0.2) is 37.6 Å². The van der Waals surface area contributed by atoms with E-state index in [0.29, 0.717) is 13.1 Å². The van der Waals surface area contributed by atoms with Crippen LogP contribution in [0.2, 0.25) is 0 Å². The number of aliphatic hydroxyl groups is 1. The molecule has 164 valence electrons. The molecule has 0 radical (unpaired) electrons. The van der Waals surface area contributed by atoms with Gasteiger partial charge in [0.25, 0.3) is 0 Å². The minimum atomic E-state index is -3.66. The van der Waals surface area contributed by atoms with Crippen molar-refractivity contribution in [2.24, 2.45) is 0 Å². The minimum Gasteiger partial charge on any atom is -0.464 e. The number of fused-ring (bicyclic) bond motifs is 2. The highest BCUT2D eigenvalue weighted by molar-refractivity contribution is 7.89. The molecule has 0 fully saturated rings. The molecule has 2 atom stereocenters. The molecular weight excluding hydrogens is 438 g/mol. The lowest BCUT2D eigenvalue weighted by Crippen LogP contribution is -2.40. The number of furan rings is 1. The van der Waals surface area contributed by atoms with E-state index in [1.54, 1.807) is 49.8 Å². The van der Waals surface area contributed by atoms with E-state index in [9.17, 15) is 13.5 Å². The van der Waals surface area contributed by atoms with Crippen LogP contribution in [-0.2, 0) is 10.0 Å². The maximum Gasteiger partial charge on any atom is 0.240 e. The third-order valence-electron chi connectivity index (χ3n) is 4.93. The Kier molecular flexibility index (Phi) is 7.30. The summed E-state index contributed by atoms with van der Waals surface area (Å²) in [6.07, 6.45) is 4.23. The van der Waals surface area contributed by atoms with Crippen LogP contribution in [0.4, 0.5) is 0 Å². The number of halogens is 1. The van der Waals surface area contributed by atoms with E-state index in [1.165, 1.54) is 0 Å². The second-order valence-corrected chi connectivity index (χ2v) is 9.01. The smallest absolute Gasteiger partial charge is 0.240 e. The average molecular weight is 462 g/mol. The molecule has 4 rings (SSSR count). The van der Waals surface area contributed by atoms with Gasteiger partial charge in [-0.15, -0.1) is 12.4 Å². The first-order valence-electron chi connectivity index (χ1n) is 9.64. The Hall–Kier alpha value is -2.49. The molecule has 2 aromatic heterocycles. The number of rotatable bonds is 8. The Bertz CT molecular complexity index is 1280. The Balaban J connectivity index is 0.00000272. The first-order valence-corrected chi connectivity index (χ1v) is 11.1. The number of pyridine rings is 1. The van der Waals surface area contributed by atoms with Crippen LogP contribution in [0.5, 0.6) is 0 Å². The van der Waals surface area contributed by atoms with E-state index in [-0.39, 0.29) is 23.3 Å². The van der Waals surface area contributed by atoms with Crippen LogP contribution in [0.15, 0.2) is 76.5 Å². The lowest BCUT2D eigenvalue weighted by atomic mass is 10.1. The largest absolute Gasteiger partial charge is 0.464 e. The van der Waals surface area contributed by atoms with E-state index in [2.05, 4.69) is 15.0 Å². The predicted molar refractivity (Wildman–Crippen MR) is 123 cm³/mol. The molecule has 2 heterocycles. The van der Waals surface area contributed by atoms with Crippen LogP contribution in [0, 0.1) is 0 Å². The van der Waals surface area contributed by atoms with Gasteiger partial charge < -0.3 is 14.8 Å². The number of hydrogen-bond donors (Lipinski definition) is 3. The van der Waals surface area contributed by atoms with Gasteiger partial charge in [0, 0.05) is 42.3 Å². The zero-order chi connectivity index (χ0) is 21.1. The van der Waals surface area contributed by atoms with Crippen molar-refractivity contribution in [3.05, 3.63) is 72.8 Å². The number of hydrogen-bond acceptors (Lipinski definition) is 6. The summed E-state index contributed by atoms with van der Waals surface area (Å²) in [4.78, 5) is 4.25. The summed E-state index contributed by atoms with van der Waals surface area (Å²) < 4.78 is 33.4. The first-order chi connectivity index (χ1) is 14.4. The van der Waals surface area contributed by atoms with Crippen molar-refractivity contribution in [1.82, 2.24) is 15.0 Å². The SMILES string of the molecule is C[C@H](CNCC(O)c1ccc2occc2c1)NS(=O)(=O)c1ccc2cnccc2c1.Cl. The standard InChI is InChI=1S/C22H23N3O4S.ClH/c1-15(12-24-14-21(26)17-3-5-22-18(10-17)7-9-29-22)25-30(27,28)20-4-2-19-13-23-8-6-16(19)11-20;/h2-11,13,15,21,24-26H,12,14H2,1H3;1H/t15-,21?;/m1./s1. The van der Waals surface area contributed by atoms with Gasteiger partial charge in [-0.25, -0.2) is 13.1 Å². The summed E-state index contributed by atoms with van der Waals surface area (Å²) in [5.41, 5.74) is 1.54. The van der Waals surface area contributed by atoms with Gasteiger partial charge in [0.2, 0.25) is 10.0 Å². The average Bonchev–Trinajstić information content (AvgIpc) is 3.20. The Morgan fingerprint density at radius 1 is 1.03 bits per heavy atom. The number of aliphatic hydroxyl groups excluding tert-OH is 1. The zero-order valence-corrected chi connectivity index (χ0v) is 18.5. The van der Waals surface area contributed by atoms with Crippen molar-refractivity contribution in [2.75, 3.05) is 13.1 Å². The van der Waals surface area contributed by atoms with Crippen molar-refractivity contribution in [3.63, 3.8) is 0 Å². The summed E-state index contributed by atoms with van der Waals surface area (Å²) >= 11 is 0. The van der Waals surface area contributed by atoms with Gasteiger partial charge in [0.15, 0.2) is 0 Å². The lowest BCUT2D eigenvalue weighted by molar-refractivity contribution is 0.174. The van der Waals surface area contributed by atoms with Crippen molar-refractivity contribution in [1.29, 1.82) is 0 Å². The summed E-state index contributed by atoms with van der Waals surface area (Å²) in [6.45, 7) is 2.46. The lowest BCUT2D eigenvalue weighted by Gasteiger charge is -2.17. The molecule has 1 unspecified atom stereocenters. The second-order valence-electron chi connectivity index (χ2n) is 7.30. The van der Waals surface area contributed by atoms with Gasteiger partial charge in [-0.1, -0.05) is 12.1 Å². The number of aromatic nitrogens is 1. The summed E-state index contributed by atoms with van der Waals surface area (Å²) in [7, 11) is -3.66. The van der Waals surface area contributed by atoms with Gasteiger partial charge in [0.1, 0.15) is 5.58 Å². The topological polar surface area (TPSA) is 104 Å². The highest BCUT2D eigenvalue weighted by Crippen LogP contribution is 2.21. The van der Waals surface area contributed by atoms with E-state index >= 15 is 0 Å². The molecule has 0 saturated heterocycles. The van der Waals surface area contributed by atoms with Crippen LogP contribution in [0.3, 0.4) is 0 Å². The molecule has 0 bridgehead atoms. The Labute approximate surface area is 186 Å². The molecule has 0 saturated carbocycles. The van der Waals surface area contributed by atoms with Crippen molar-refractivity contribution < 1.29 is 17.9 Å².